The summed E-state index contributed by atoms with van der Waals surface area (Å²) in [6.45, 7) is 8.11. The number of halogens is 2. The predicted molar refractivity (Wildman–Crippen MR) is 148 cm³/mol. The molecular formula is C28H30F2N8O2. The number of hydrogen-bond donors (Lipinski definition) is 1. The molecule has 3 aliphatic heterocycles. The van der Waals surface area contributed by atoms with E-state index in [1.165, 1.54) is 12.0 Å². The molecule has 2 bridgehead atoms. The van der Waals surface area contributed by atoms with Crippen LogP contribution in [-0.4, -0.2) is 86.1 Å². The Kier molecular flexibility index (Phi) is 6.93. The molecule has 7 rings (SSSR count). The van der Waals surface area contributed by atoms with Crippen LogP contribution in [0.5, 0.6) is 11.6 Å². The van der Waals surface area contributed by atoms with E-state index in [1.807, 2.05) is 25.3 Å². The first-order valence-corrected chi connectivity index (χ1v) is 13.1. The van der Waals surface area contributed by atoms with E-state index in [4.69, 9.17) is 14.5 Å². The summed E-state index contributed by atoms with van der Waals surface area (Å²) in [7, 11) is 1.62. The number of ether oxygens (including phenoxy) is 2. The van der Waals surface area contributed by atoms with Crippen molar-refractivity contribution < 1.29 is 18.3 Å². The molecule has 4 aromatic rings. The molecule has 2 unspecified atom stereocenters. The van der Waals surface area contributed by atoms with E-state index in [0.717, 1.165) is 36.4 Å². The number of rotatable bonds is 10. The van der Waals surface area contributed by atoms with E-state index in [2.05, 4.69) is 42.7 Å². The largest absolute Gasteiger partial charge is 0.486 e. The van der Waals surface area contributed by atoms with Crippen molar-refractivity contribution in [1.82, 2.24) is 34.6 Å². The molecule has 7 heterocycles. The van der Waals surface area contributed by atoms with Gasteiger partial charge in [-0.15, -0.1) is 5.10 Å². The van der Waals surface area contributed by atoms with Gasteiger partial charge in [0, 0.05) is 55.8 Å². The Bertz CT molecular complexity index is 1580. The predicted octanol–water partition coefficient (Wildman–Crippen LogP) is 4.16. The number of piperazine rings is 1. The lowest BCUT2D eigenvalue weighted by Gasteiger charge is -2.57. The molecule has 40 heavy (non-hydrogen) atoms. The van der Waals surface area contributed by atoms with Gasteiger partial charge in [-0.1, -0.05) is 12.6 Å². The van der Waals surface area contributed by atoms with Crippen LogP contribution in [0.1, 0.15) is 24.5 Å². The minimum atomic E-state index is -2.59. The summed E-state index contributed by atoms with van der Waals surface area (Å²) < 4.78 is 37.7. The molecule has 0 spiro atoms. The van der Waals surface area contributed by atoms with Gasteiger partial charge in [0.05, 0.1) is 30.4 Å². The Morgan fingerprint density at radius 1 is 1.27 bits per heavy atom. The molecule has 0 saturated carbocycles. The summed E-state index contributed by atoms with van der Waals surface area (Å²) >= 11 is 0. The van der Waals surface area contributed by atoms with Gasteiger partial charge in [0.15, 0.2) is 5.65 Å². The third-order valence-corrected chi connectivity index (χ3v) is 7.48. The Labute approximate surface area is 229 Å². The first kappa shape index (κ1) is 25.9. The van der Waals surface area contributed by atoms with E-state index in [-0.39, 0.29) is 5.75 Å². The highest BCUT2D eigenvalue weighted by molar-refractivity contribution is 6.14. The minimum Gasteiger partial charge on any atom is -0.486 e. The van der Waals surface area contributed by atoms with Crippen LogP contribution in [0.15, 0.2) is 60.3 Å². The van der Waals surface area contributed by atoms with Gasteiger partial charge in [0.25, 0.3) is 6.43 Å². The number of nitrogens with one attached hydrogen (secondary N) is 1. The Morgan fingerprint density at radius 3 is 2.80 bits per heavy atom. The number of hydrogen-bond acceptors (Lipinski definition) is 8. The maximum absolute atomic E-state index is 12.8. The van der Waals surface area contributed by atoms with Crippen molar-refractivity contribution >= 4 is 28.3 Å². The molecule has 1 N–H and O–H groups in total. The lowest BCUT2D eigenvalue weighted by molar-refractivity contribution is -0.0645. The maximum Gasteiger partial charge on any atom is 0.272 e. The fraction of sp³-hybridized carbons (Fsp3) is 0.357. The number of nitrogens with zero attached hydrogens (tertiary/aromatic N) is 7. The molecule has 4 aromatic heterocycles. The van der Waals surface area contributed by atoms with E-state index in [9.17, 15) is 8.78 Å². The Morgan fingerprint density at radius 2 is 2.10 bits per heavy atom. The maximum atomic E-state index is 12.8. The van der Waals surface area contributed by atoms with Crippen LogP contribution in [0.3, 0.4) is 0 Å². The number of alkyl halides is 2. The number of fused-ring (bicyclic) bond motifs is 5. The van der Waals surface area contributed by atoms with Gasteiger partial charge in [0.1, 0.15) is 18.2 Å². The zero-order valence-electron chi connectivity index (χ0n) is 22.3. The second kappa shape index (κ2) is 10.7. The minimum absolute atomic E-state index is 0.269. The highest BCUT2D eigenvalue weighted by Gasteiger charge is 2.44. The topological polar surface area (TPSA) is 96.2 Å². The zero-order valence-corrected chi connectivity index (χ0v) is 22.3. The quantitative estimate of drug-likeness (QED) is 0.297. The van der Waals surface area contributed by atoms with Crippen LogP contribution in [0.2, 0.25) is 0 Å². The number of methoxy groups -OCH3 is 1. The first-order valence-electron chi connectivity index (χ1n) is 13.1. The van der Waals surface area contributed by atoms with Crippen LogP contribution in [0, 0.1) is 0 Å². The summed E-state index contributed by atoms with van der Waals surface area (Å²) in [5.41, 5.74) is 3.77. The number of H-pyrrole nitrogens is 1. The number of aromatic amines is 1. The van der Waals surface area contributed by atoms with Gasteiger partial charge in [-0.2, -0.15) is 5.10 Å². The molecule has 208 valence electrons. The molecule has 2 atom stereocenters. The lowest BCUT2D eigenvalue weighted by atomic mass is 9.87. The summed E-state index contributed by atoms with van der Waals surface area (Å²) in [5, 5.41) is 12.2. The zero-order chi connectivity index (χ0) is 27.8. The average Bonchev–Trinajstić information content (AvgIpc) is 3.56. The van der Waals surface area contributed by atoms with E-state index >= 15 is 0 Å². The van der Waals surface area contributed by atoms with Gasteiger partial charge in [0.2, 0.25) is 5.88 Å². The number of pyridine rings is 2. The third-order valence-electron chi connectivity index (χ3n) is 7.48. The van der Waals surface area contributed by atoms with Crippen molar-refractivity contribution in [2.45, 2.75) is 38.4 Å². The van der Waals surface area contributed by atoms with Crippen LogP contribution < -0.4 is 9.47 Å². The van der Waals surface area contributed by atoms with Crippen molar-refractivity contribution in [2.24, 2.45) is 4.99 Å². The van der Waals surface area contributed by atoms with E-state index in [1.54, 1.807) is 36.3 Å². The molecule has 3 aliphatic rings. The summed E-state index contributed by atoms with van der Waals surface area (Å²) in [5.74, 6) is 1.75. The van der Waals surface area contributed by atoms with Gasteiger partial charge < -0.3 is 14.4 Å². The number of allylic oxidation sites excluding steroid dienone is 2. The van der Waals surface area contributed by atoms with Gasteiger partial charge in [-0.05, 0) is 36.6 Å². The van der Waals surface area contributed by atoms with Crippen LogP contribution in [0.25, 0.3) is 22.1 Å². The van der Waals surface area contributed by atoms with Crippen molar-refractivity contribution in [1.29, 1.82) is 0 Å². The van der Waals surface area contributed by atoms with E-state index < -0.39 is 13.0 Å². The van der Waals surface area contributed by atoms with Crippen LogP contribution >= 0.6 is 0 Å². The highest BCUT2D eigenvalue weighted by atomic mass is 19.3. The highest BCUT2D eigenvalue weighted by Crippen LogP contribution is 2.36. The van der Waals surface area contributed by atoms with Crippen LogP contribution in [-0.2, 0) is 6.54 Å². The normalized spacial score (nSPS) is 19.6. The van der Waals surface area contributed by atoms with E-state index in [0.29, 0.717) is 34.7 Å². The second-order valence-corrected chi connectivity index (χ2v) is 9.98. The molecule has 0 aliphatic carbocycles. The number of aliphatic imine (C=N–C) groups is 1. The molecule has 0 amide bonds. The Balaban J connectivity index is 1.17. The van der Waals surface area contributed by atoms with Crippen molar-refractivity contribution in [2.75, 3.05) is 26.8 Å². The molecule has 0 aromatic carbocycles. The van der Waals surface area contributed by atoms with Crippen molar-refractivity contribution in [3.8, 4) is 11.6 Å². The van der Waals surface area contributed by atoms with Gasteiger partial charge in [-0.3, -0.25) is 10.00 Å². The van der Waals surface area contributed by atoms with Gasteiger partial charge in [-0.25, -0.2) is 23.3 Å². The monoisotopic (exact) mass is 548 g/mol. The molecule has 3 fully saturated rings. The Hall–Kier alpha value is -4.32. The lowest BCUT2D eigenvalue weighted by Crippen LogP contribution is -2.67. The third kappa shape index (κ3) is 4.90. The van der Waals surface area contributed by atoms with Crippen LogP contribution in [0.4, 0.5) is 8.78 Å². The summed E-state index contributed by atoms with van der Waals surface area (Å²) in [6.07, 6.45) is 7.41. The smallest absolute Gasteiger partial charge is 0.272 e. The number of piperidine rings is 1. The average molecular weight is 549 g/mol. The molecule has 3 saturated heterocycles. The first-order chi connectivity index (χ1) is 19.4. The van der Waals surface area contributed by atoms with Crippen molar-refractivity contribution in [3.63, 3.8) is 0 Å². The standard InChI is InChI=1S/C28H30F2N8O2/c1-4-25(36-13-19-7-20(14-36)37(19)12-18-5-6-26(39-3)32-10-18)31-9-17(2)22-8-21(40-16-24(29)30)15-38-27(22)23-11-33-34-28(23)35-38/h4-6,8-11,15,19-20,24H,2,7,12-14,16H2,1,3H3,(H,34,35)/b25-4+,31-9-. The number of aromatic nitrogens is 5. The molecule has 12 heteroatoms. The molecule has 0 radical (unpaired) electrons. The van der Waals surface area contributed by atoms with Crippen molar-refractivity contribution in [3.05, 3.63) is 66.4 Å². The SMILES string of the molecule is C=C(/C=N\C(=C/C)N1CC2CC(C1)N2Cc1ccc(OC)nc1)c1cc(OCC(F)F)cn2nc3[nH]ncc3c12. The molecular weight excluding hydrogens is 518 g/mol. The molecule has 10 nitrogen and oxygen atoms in total. The van der Waals surface area contributed by atoms with Gasteiger partial charge >= 0.3 is 0 Å². The second-order valence-electron chi connectivity index (χ2n) is 9.98. The summed E-state index contributed by atoms with van der Waals surface area (Å²) in [6, 6.07) is 6.54. The summed E-state index contributed by atoms with van der Waals surface area (Å²) in [4.78, 5) is 13.9. The fourth-order valence-corrected chi connectivity index (χ4v) is 5.54. The fourth-order valence-electron chi connectivity index (χ4n) is 5.54.